The SMILES string of the molecule is CCCCCCCCCCCCNC(C)(C)CCCl. The molecule has 0 heterocycles. The molecule has 0 saturated carbocycles. The van der Waals surface area contributed by atoms with Crippen LogP contribution in [0.1, 0.15) is 91.4 Å². The summed E-state index contributed by atoms with van der Waals surface area (Å²) >= 11 is 5.79. The Morgan fingerprint density at radius 1 is 0.789 bits per heavy atom. The molecule has 0 atom stereocenters. The number of nitrogens with one attached hydrogen (secondary N) is 1. The van der Waals surface area contributed by atoms with Gasteiger partial charge in [0.15, 0.2) is 0 Å². The van der Waals surface area contributed by atoms with E-state index < -0.39 is 0 Å². The minimum Gasteiger partial charge on any atom is -0.312 e. The van der Waals surface area contributed by atoms with Crippen molar-refractivity contribution in [2.75, 3.05) is 12.4 Å². The molecule has 1 N–H and O–H groups in total. The lowest BCUT2D eigenvalue weighted by atomic mass is 10.0. The zero-order valence-electron chi connectivity index (χ0n) is 13.6. The largest absolute Gasteiger partial charge is 0.312 e. The molecule has 0 saturated heterocycles. The van der Waals surface area contributed by atoms with Gasteiger partial charge in [-0.05, 0) is 33.2 Å². The smallest absolute Gasteiger partial charge is 0.0240 e. The van der Waals surface area contributed by atoms with Crippen molar-refractivity contribution in [3.05, 3.63) is 0 Å². The monoisotopic (exact) mass is 289 g/mol. The van der Waals surface area contributed by atoms with Crippen LogP contribution in [0.3, 0.4) is 0 Å². The van der Waals surface area contributed by atoms with E-state index >= 15 is 0 Å². The fraction of sp³-hybridized carbons (Fsp3) is 1.00. The van der Waals surface area contributed by atoms with Gasteiger partial charge in [0, 0.05) is 11.4 Å². The molecule has 2 heteroatoms. The first-order chi connectivity index (χ1) is 9.12. The Hall–Kier alpha value is 0.250. The van der Waals surface area contributed by atoms with Crippen LogP contribution in [0.2, 0.25) is 0 Å². The molecule has 0 aromatic carbocycles. The molecule has 116 valence electrons. The van der Waals surface area contributed by atoms with E-state index in [0.717, 1.165) is 18.8 Å². The Balaban J connectivity index is 3.14. The van der Waals surface area contributed by atoms with Crippen molar-refractivity contribution in [2.24, 2.45) is 0 Å². The van der Waals surface area contributed by atoms with Gasteiger partial charge < -0.3 is 5.32 Å². The summed E-state index contributed by atoms with van der Waals surface area (Å²) in [5.74, 6) is 0.748. The van der Waals surface area contributed by atoms with E-state index in [4.69, 9.17) is 11.6 Å². The van der Waals surface area contributed by atoms with E-state index in [9.17, 15) is 0 Å². The molecule has 0 unspecified atom stereocenters. The molecular weight excluding hydrogens is 254 g/mol. The highest BCUT2D eigenvalue weighted by atomic mass is 35.5. The molecule has 0 bridgehead atoms. The number of unbranched alkanes of at least 4 members (excludes halogenated alkanes) is 9. The highest BCUT2D eigenvalue weighted by molar-refractivity contribution is 6.17. The Labute approximate surface area is 126 Å². The van der Waals surface area contributed by atoms with E-state index in [2.05, 4.69) is 26.1 Å². The van der Waals surface area contributed by atoms with Crippen molar-refractivity contribution in [3.8, 4) is 0 Å². The van der Waals surface area contributed by atoms with Gasteiger partial charge in [-0.15, -0.1) is 11.6 Å². The van der Waals surface area contributed by atoms with Crippen molar-refractivity contribution in [1.29, 1.82) is 0 Å². The van der Waals surface area contributed by atoms with E-state index in [1.807, 2.05) is 0 Å². The van der Waals surface area contributed by atoms with Gasteiger partial charge in [0.25, 0.3) is 0 Å². The summed E-state index contributed by atoms with van der Waals surface area (Å²) < 4.78 is 0. The van der Waals surface area contributed by atoms with Crippen LogP contribution in [0, 0.1) is 0 Å². The second kappa shape index (κ2) is 13.2. The third kappa shape index (κ3) is 14.5. The van der Waals surface area contributed by atoms with E-state index in [1.54, 1.807) is 0 Å². The molecule has 0 aromatic rings. The third-order valence-electron chi connectivity index (χ3n) is 3.85. The van der Waals surface area contributed by atoms with Crippen LogP contribution in [0.15, 0.2) is 0 Å². The van der Waals surface area contributed by atoms with Crippen LogP contribution in [0.4, 0.5) is 0 Å². The lowest BCUT2D eigenvalue weighted by molar-refractivity contribution is 0.372. The maximum Gasteiger partial charge on any atom is 0.0240 e. The minimum absolute atomic E-state index is 0.209. The predicted octanol–water partition coefficient (Wildman–Crippen LogP) is 5.90. The van der Waals surface area contributed by atoms with Crippen molar-refractivity contribution in [3.63, 3.8) is 0 Å². The predicted molar refractivity (Wildman–Crippen MR) is 89.3 cm³/mol. The molecule has 0 aliphatic carbocycles. The Kier molecular flexibility index (Phi) is 13.4. The van der Waals surface area contributed by atoms with Crippen molar-refractivity contribution < 1.29 is 0 Å². The second-order valence-corrected chi connectivity index (χ2v) is 6.81. The summed E-state index contributed by atoms with van der Waals surface area (Å²) in [4.78, 5) is 0. The number of rotatable bonds is 14. The van der Waals surface area contributed by atoms with Gasteiger partial charge in [-0.3, -0.25) is 0 Å². The first-order valence-electron chi connectivity index (χ1n) is 8.43. The Morgan fingerprint density at radius 3 is 1.74 bits per heavy atom. The maximum atomic E-state index is 5.79. The van der Waals surface area contributed by atoms with E-state index in [-0.39, 0.29) is 5.54 Å². The zero-order chi connectivity index (χ0) is 14.4. The van der Waals surface area contributed by atoms with Crippen LogP contribution >= 0.6 is 11.6 Å². The number of alkyl halides is 1. The minimum atomic E-state index is 0.209. The lowest BCUT2D eigenvalue weighted by Gasteiger charge is -2.25. The van der Waals surface area contributed by atoms with Gasteiger partial charge in [0.1, 0.15) is 0 Å². The number of halogens is 1. The van der Waals surface area contributed by atoms with Crippen molar-refractivity contribution in [2.45, 2.75) is 96.9 Å². The third-order valence-corrected chi connectivity index (χ3v) is 4.04. The quantitative estimate of drug-likeness (QED) is 0.310. The molecule has 0 aliphatic rings. The van der Waals surface area contributed by atoms with Crippen molar-refractivity contribution in [1.82, 2.24) is 5.32 Å². The number of hydrogen-bond acceptors (Lipinski definition) is 1. The zero-order valence-corrected chi connectivity index (χ0v) is 14.3. The summed E-state index contributed by atoms with van der Waals surface area (Å²) in [6.07, 6.45) is 15.1. The summed E-state index contributed by atoms with van der Waals surface area (Å²) in [6.45, 7) is 7.90. The van der Waals surface area contributed by atoms with E-state index in [0.29, 0.717) is 0 Å². The first-order valence-corrected chi connectivity index (χ1v) is 8.97. The molecule has 0 spiro atoms. The molecule has 0 aromatic heterocycles. The highest BCUT2D eigenvalue weighted by Gasteiger charge is 2.14. The summed E-state index contributed by atoms with van der Waals surface area (Å²) in [5, 5.41) is 3.60. The van der Waals surface area contributed by atoms with Gasteiger partial charge in [0.2, 0.25) is 0 Å². The average molecular weight is 290 g/mol. The van der Waals surface area contributed by atoms with Gasteiger partial charge in [-0.1, -0.05) is 64.7 Å². The van der Waals surface area contributed by atoms with Gasteiger partial charge in [-0.2, -0.15) is 0 Å². The molecule has 0 rings (SSSR count). The molecule has 0 radical (unpaired) electrons. The number of hydrogen-bond donors (Lipinski definition) is 1. The molecule has 0 aliphatic heterocycles. The van der Waals surface area contributed by atoms with Crippen LogP contribution < -0.4 is 5.32 Å². The summed E-state index contributed by atoms with van der Waals surface area (Å²) in [7, 11) is 0. The van der Waals surface area contributed by atoms with Gasteiger partial charge in [0.05, 0.1) is 0 Å². The average Bonchev–Trinajstić information content (AvgIpc) is 2.36. The van der Waals surface area contributed by atoms with Gasteiger partial charge >= 0.3 is 0 Å². The van der Waals surface area contributed by atoms with Crippen molar-refractivity contribution >= 4 is 11.6 Å². The fourth-order valence-corrected chi connectivity index (χ4v) is 2.84. The summed E-state index contributed by atoms with van der Waals surface area (Å²) in [6, 6.07) is 0. The molecule has 1 nitrogen and oxygen atoms in total. The molecule has 19 heavy (non-hydrogen) atoms. The fourth-order valence-electron chi connectivity index (χ4n) is 2.36. The Bertz CT molecular complexity index is 180. The molecule has 0 amide bonds. The van der Waals surface area contributed by atoms with Crippen LogP contribution in [-0.2, 0) is 0 Å². The lowest BCUT2D eigenvalue weighted by Crippen LogP contribution is -2.40. The van der Waals surface area contributed by atoms with Crippen LogP contribution in [0.5, 0.6) is 0 Å². The maximum absolute atomic E-state index is 5.79. The Morgan fingerprint density at radius 2 is 1.26 bits per heavy atom. The molecule has 0 fully saturated rings. The summed E-state index contributed by atoms with van der Waals surface area (Å²) in [5.41, 5.74) is 0.209. The van der Waals surface area contributed by atoms with E-state index in [1.165, 1.54) is 64.2 Å². The van der Waals surface area contributed by atoms with Gasteiger partial charge in [-0.25, -0.2) is 0 Å². The van der Waals surface area contributed by atoms with Crippen LogP contribution in [0.25, 0.3) is 0 Å². The normalized spacial score (nSPS) is 12.0. The highest BCUT2D eigenvalue weighted by Crippen LogP contribution is 2.12. The molecular formula is C17H36ClN. The van der Waals surface area contributed by atoms with Crippen LogP contribution in [-0.4, -0.2) is 18.0 Å². The first kappa shape index (κ1) is 19.2. The topological polar surface area (TPSA) is 12.0 Å². The standard InChI is InChI=1S/C17H36ClN/c1-4-5-6-7-8-9-10-11-12-13-16-19-17(2,3)14-15-18/h19H,4-16H2,1-3H3. The second-order valence-electron chi connectivity index (χ2n) is 6.43.